The van der Waals surface area contributed by atoms with Crippen LogP contribution in [-0.4, -0.2) is 19.6 Å². The number of halogens is 1. The zero-order chi connectivity index (χ0) is 23.3. The van der Waals surface area contributed by atoms with Gasteiger partial charge in [0, 0.05) is 22.9 Å². The molecule has 8 heteroatoms. The zero-order valence-corrected chi connectivity index (χ0v) is 18.3. The van der Waals surface area contributed by atoms with Crippen molar-refractivity contribution in [2.24, 2.45) is 0 Å². The van der Waals surface area contributed by atoms with Crippen molar-refractivity contribution in [1.82, 2.24) is 14.5 Å². The first-order chi connectivity index (χ1) is 15.8. The number of pyridine rings is 1. The topological polar surface area (TPSA) is 92.7 Å². The second kappa shape index (κ2) is 7.74. The quantitative estimate of drug-likeness (QED) is 0.399. The summed E-state index contributed by atoms with van der Waals surface area (Å²) >= 11 is 0. The van der Waals surface area contributed by atoms with Gasteiger partial charge >= 0.3 is 0 Å². The summed E-state index contributed by atoms with van der Waals surface area (Å²) in [5, 5.41) is 17.6. The van der Waals surface area contributed by atoms with Gasteiger partial charge in [0.1, 0.15) is 16.9 Å². The molecule has 2 aromatic carbocycles. The third-order valence-corrected chi connectivity index (χ3v) is 5.73. The van der Waals surface area contributed by atoms with Crippen LogP contribution < -0.4 is 10.9 Å². The summed E-state index contributed by atoms with van der Waals surface area (Å²) in [5.74, 6) is -0.595. The molecule has 0 aliphatic heterocycles. The molecule has 0 bridgehead atoms. The molecule has 0 spiro atoms. The highest BCUT2D eigenvalue weighted by Gasteiger charge is 2.19. The van der Waals surface area contributed by atoms with Gasteiger partial charge in [-0.15, -0.1) is 0 Å². The van der Waals surface area contributed by atoms with Crippen LogP contribution in [0.3, 0.4) is 0 Å². The molecule has 3 aromatic heterocycles. The third kappa shape index (κ3) is 3.49. The molecule has 0 saturated heterocycles. The van der Waals surface area contributed by atoms with Crippen LogP contribution in [0, 0.1) is 19.7 Å². The van der Waals surface area contributed by atoms with Crippen LogP contribution in [0.5, 0.6) is 5.88 Å². The van der Waals surface area contributed by atoms with E-state index in [1.165, 1.54) is 16.5 Å². The van der Waals surface area contributed by atoms with Crippen molar-refractivity contribution >= 4 is 22.3 Å². The average molecular weight is 444 g/mol. The minimum absolute atomic E-state index is 0.201. The van der Waals surface area contributed by atoms with Crippen molar-refractivity contribution in [3.63, 3.8) is 0 Å². The van der Waals surface area contributed by atoms with Crippen LogP contribution in [-0.2, 0) is 0 Å². The maximum Gasteiger partial charge on any atom is 0.261 e. The lowest BCUT2D eigenvalue weighted by Crippen LogP contribution is -2.22. The molecule has 0 saturated carbocycles. The maximum absolute atomic E-state index is 13.9. The van der Waals surface area contributed by atoms with Crippen molar-refractivity contribution in [2.45, 2.75) is 26.8 Å². The number of hydrogen-bond donors (Lipinski definition) is 2. The van der Waals surface area contributed by atoms with E-state index in [0.29, 0.717) is 39.1 Å². The molecule has 166 valence electrons. The van der Waals surface area contributed by atoms with E-state index in [-0.39, 0.29) is 17.5 Å². The maximum atomic E-state index is 13.9. The molecule has 2 N–H and O–H groups in total. The summed E-state index contributed by atoms with van der Waals surface area (Å²) in [4.78, 5) is 18.0. The predicted molar refractivity (Wildman–Crippen MR) is 124 cm³/mol. The summed E-state index contributed by atoms with van der Waals surface area (Å²) < 4.78 is 20.5. The van der Waals surface area contributed by atoms with Gasteiger partial charge in [-0.05, 0) is 61.8 Å². The number of rotatable bonds is 4. The molecule has 0 aliphatic rings. The molecule has 5 rings (SSSR count). The molecule has 33 heavy (non-hydrogen) atoms. The molecule has 0 aliphatic carbocycles. The lowest BCUT2D eigenvalue weighted by Gasteiger charge is -2.19. The number of benzene rings is 2. The Labute approximate surface area is 188 Å². The molecular weight excluding hydrogens is 423 g/mol. The highest BCUT2D eigenvalue weighted by atomic mass is 19.1. The van der Waals surface area contributed by atoms with E-state index >= 15 is 0 Å². The minimum atomic E-state index is -0.394. The van der Waals surface area contributed by atoms with Gasteiger partial charge in [-0.2, -0.15) is 0 Å². The van der Waals surface area contributed by atoms with Crippen molar-refractivity contribution in [2.75, 3.05) is 5.32 Å². The fourth-order valence-electron chi connectivity index (χ4n) is 4.14. The average Bonchev–Trinajstić information content (AvgIpc) is 3.18. The smallest absolute Gasteiger partial charge is 0.261 e. The molecular formula is C25H21FN4O3. The van der Waals surface area contributed by atoms with Crippen LogP contribution in [0.15, 0.2) is 64.0 Å². The number of anilines is 1. The molecule has 7 nitrogen and oxygen atoms in total. The van der Waals surface area contributed by atoms with Gasteiger partial charge < -0.3 is 14.9 Å². The fourth-order valence-corrected chi connectivity index (χ4v) is 4.14. The number of nitrogens with one attached hydrogen (secondary N) is 1. The molecule has 1 atom stereocenters. The fraction of sp³-hybridized carbons (Fsp3) is 0.160. The second-order valence-corrected chi connectivity index (χ2v) is 8.12. The Balaban J connectivity index is 1.69. The Bertz CT molecular complexity index is 1590. The largest absolute Gasteiger partial charge is 0.491 e. The van der Waals surface area contributed by atoms with E-state index in [2.05, 4.69) is 10.5 Å². The van der Waals surface area contributed by atoms with Gasteiger partial charge in [0.25, 0.3) is 11.4 Å². The van der Waals surface area contributed by atoms with Crippen molar-refractivity contribution in [1.29, 1.82) is 0 Å². The second-order valence-electron chi connectivity index (χ2n) is 8.12. The Kier molecular flexibility index (Phi) is 4.85. The van der Waals surface area contributed by atoms with Crippen LogP contribution in [0.25, 0.3) is 27.9 Å². The normalized spacial score (nSPS) is 12.4. The molecule has 0 fully saturated rings. The van der Waals surface area contributed by atoms with Gasteiger partial charge in [0.15, 0.2) is 5.58 Å². The van der Waals surface area contributed by atoms with E-state index in [0.717, 1.165) is 11.1 Å². The minimum Gasteiger partial charge on any atom is -0.491 e. The summed E-state index contributed by atoms with van der Waals surface area (Å²) in [6.07, 6.45) is 1.75. The highest BCUT2D eigenvalue weighted by Crippen LogP contribution is 2.34. The lowest BCUT2D eigenvalue weighted by atomic mass is 10.0. The zero-order valence-electron chi connectivity index (χ0n) is 18.3. The molecule has 0 radical (unpaired) electrons. The number of aromatic nitrogens is 3. The third-order valence-electron chi connectivity index (χ3n) is 5.73. The number of hydrogen-bond acceptors (Lipinski definition) is 6. The summed E-state index contributed by atoms with van der Waals surface area (Å²) in [6.45, 7) is 5.54. The highest BCUT2D eigenvalue weighted by molar-refractivity contribution is 5.94. The Hall–Kier alpha value is -4.20. The summed E-state index contributed by atoms with van der Waals surface area (Å²) in [6, 6.07) is 13.0. The molecule has 3 heterocycles. The number of aryl methyl sites for hydroxylation is 1. The van der Waals surface area contributed by atoms with Crippen LogP contribution >= 0.6 is 0 Å². The lowest BCUT2D eigenvalue weighted by molar-refractivity contribution is 0.376. The van der Waals surface area contributed by atoms with E-state index in [4.69, 9.17) is 9.51 Å². The van der Waals surface area contributed by atoms with Gasteiger partial charge in [-0.1, -0.05) is 18.2 Å². The SMILES string of the molecule is Cc1cc([C@@H](C)Nc2cccc3onc(O)c23)c2nc(-c3cccc(F)c3)c(C)c(=O)n2c1. The van der Waals surface area contributed by atoms with Gasteiger partial charge in [-0.3, -0.25) is 9.20 Å². The van der Waals surface area contributed by atoms with Crippen molar-refractivity contribution in [3.8, 4) is 17.1 Å². The first-order valence-corrected chi connectivity index (χ1v) is 10.5. The van der Waals surface area contributed by atoms with Crippen LogP contribution in [0.4, 0.5) is 10.1 Å². The number of nitrogens with zero attached hydrogens (tertiary/aromatic N) is 3. The van der Waals surface area contributed by atoms with E-state index in [1.54, 1.807) is 37.4 Å². The van der Waals surface area contributed by atoms with Gasteiger partial charge in [0.05, 0.1) is 17.4 Å². The van der Waals surface area contributed by atoms with Crippen molar-refractivity contribution < 1.29 is 14.0 Å². The summed E-state index contributed by atoms with van der Waals surface area (Å²) in [5.41, 5.74) is 4.43. The number of fused-ring (bicyclic) bond motifs is 2. The molecule has 0 amide bonds. The Morgan fingerprint density at radius 2 is 1.94 bits per heavy atom. The van der Waals surface area contributed by atoms with Crippen molar-refractivity contribution in [3.05, 3.63) is 87.6 Å². The Morgan fingerprint density at radius 3 is 2.73 bits per heavy atom. The van der Waals surface area contributed by atoms with Crippen LogP contribution in [0.2, 0.25) is 0 Å². The Morgan fingerprint density at radius 1 is 1.15 bits per heavy atom. The van der Waals surface area contributed by atoms with Crippen LogP contribution in [0.1, 0.15) is 29.7 Å². The molecule has 0 unspecified atom stereocenters. The summed E-state index contributed by atoms with van der Waals surface area (Å²) in [7, 11) is 0. The van der Waals surface area contributed by atoms with Gasteiger partial charge in [0.2, 0.25) is 0 Å². The van der Waals surface area contributed by atoms with Gasteiger partial charge in [-0.25, -0.2) is 9.37 Å². The number of aromatic hydroxyl groups is 1. The van der Waals surface area contributed by atoms with E-state index in [9.17, 15) is 14.3 Å². The predicted octanol–water partition coefficient (Wildman–Crippen LogP) is 5.14. The first-order valence-electron chi connectivity index (χ1n) is 10.5. The standard InChI is InChI=1S/C25H21FN4O3/c1-13-10-18(15(3)27-19-8-5-9-20-21(19)24(31)29-33-20)23-28-22(14(2)25(32)30(23)12-13)16-6-4-7-17(26)11-16/h4-12,15,27H,1-3H3,(H,29,31)/t15-/m1/s1. The monoisotopic (exact) mass is 444 g/mol. The van der Waals surface area contributed by atoms with E-state index < -0.39 is 5.82 Å². The van der Waals surface area contributed by atoms with E-state index in [1.807, 2.05) is 26.0 Å². The first kappa shape index (κ1) is 20.7. The molecule has 5 aromatic rings.